The van der Waals surface area contributed by atoms with Crippen LogP contribution in [-0.2, 0) is 4.79 Å². The van der Waals surface area contributed by atoms with E-state index in [-0.39, 0.29) is 17.7 Å². The van der Waals surface area contributed by atoms with Gasteiger partial charge in [0.15, 0.2) is 11.5 Å². The second kappa shape index (κ2) is 7.41. The highest BCUT2D eigenvalue weighted by Gasteiger charge is 2.24. The van der Waals surface area contributed by atoms with Crippen LogP contribution in [0.2, 0.25) is 0 Å². The van der Waals surface area contributed by atoms with Crippen molar-refractivity contribution in [2.24, 2.45) is 0 Å². The molecule has 0 saturated heterocycles. The normalized spacial score (nSPS) is 11.9. The maximum Gasteiger partial charge on any atom is 0.387 e. The average molecular weight is 303 g/mol. The van der Waals surface area contributed by atoms with Gasteiger partial charge in [-0.3, -0.25) is 4.79 Å². The average Bonchev–Trinajstić information content (AvgIpc) is 2.43. The number of hydrogen-bond acceptors (Lipinski definition) is 4. The summed E-state index contributed by atoms with van der Waals surface area (Å²) in [6.45, 7) is -1.57. The van der Waals surface area contributed by atoms with Gasteiger partial charge in [-0.25, -0.2) is 4.79 Å². The zero-order chi connectivity index (χ0) is 16.0. The van der Waals surface area contributed by atoms with E-state index >= 15 is 0 Å². The number of aliphatic carboxylic acids is 1. The van der Waals surface area contributed by atoms with Gasteiger partial charge in [0, 0.05) is 0 Å². The van der Waals surface area contributed by atoms with Crippen molar-refractivity contribution in [2.45, 2.75) is 26.0 Å². The first-order valence-electron chi connectivity index (χ1n) is 6.06. The lowest BCUT2D eigenvalue weighted by molar-refractivity contribution is -0.139. The fourth-order valence-electron chi connectivity index (χ4n) is 1.64. The Hall–Kier alpha value is -2.38. The van der Waals surface area contributed by atoms with Crippen LogP contribution in [-0.4, -0.2) is 36.7 Å². The summed E-state index contributed by atoms with van der Waals surface area (Å²) in [4.78, 5) is 22.9. The van der Waals surface area contributed by atoms with Crippen LogP contribution in [0.5, 0.6) is 11.5 Å². The molecule has 1 unspecified atom stereocenters. The van der Waals surface area contributed by atoms with Crippen LogP contribution in [0, 0.1) is 0 Å². The lowest BCUT2D eigenvalue weighted by atomic mass is 10.1. The summed E-state index contributed by atoms with van der Waals surface area (Å²) < 4.78 is 34.0. The smallest absolute Gasteiger partial charge is 0.387 e. The molecule has 1 aromatic carbocycles. The number of carbonyl (C=O) groups excluding carboxylic acids is 1. The van der Waals surface area contributed by atoms with E-state index < -0.39 is 30.3 Å². The molecule has 0 aliphatic carbocycles. The van der Waals surface area contributed by atoms with E-state index in [1.807, 2.05) is 0 Å². The quantitative estimate of drug-likeness (QED) is 0.803. The lowest BCUT2D eigenvalue weighted by Gasteiger charge is -2.16. The molecule has 0 heterocycles. The van der Waals surface area contributed by atoms with Gasteiger partial charge >= 0.3 is 12.6 Å². The number of hydrogen-bond donors (Lipinski definition) is 2. The van der Waals surface area contributed by atoms with Gasteiger partial charge < -0.3 is 19.9 Å². The highest BCUT2D eigenvalue weighted by Crippen LogP contribution is 2.32. The third kappa shape index (κ3) is 4.30. The Morgan fingerprint density at radius 1 is 1.38 bits per heavy atom. The molecule has 0 saturated carbocycles. The van der Waals surface area contributed by atoms with E-state index in [0.29, 0.717) is 0 Å². The van der Waals surface area contributed by atoms with Crippen molar-refractivity contribution in [3.8, 4) is 11.5 Å². The number of para-hydroxylation sites is 1. The van der Waals surface area contributed by atoms with E-state index in [4.69, 9.17) is 9.84 Å². The van der Waals surface area contributed by atoms with Gasteiger partial charge in [0.2, 0.25) is 0 Å². The highest BCUT2D eigenvalue weighted by atomic mass is 19.3. The number of benzene rings is 1. The Kier molecular flexibility index (Phi) is 5.89. The molecular formula is C13H15F2NO5. The van der Waals surface area contributed by atoms with Crippen molar-refractivity contribution >= 4 is 11.9 Å². The van der Waals surface area contributed by atoms with E-state index in [2.05, 4.69) is 10.1 Å². The summed E-state index contributed by atoms with van der Waals surface area (Å²) in [7, 11) is 1.24. The molecular weight excluding hydrogens is 288 g/mol. The molecule has 8 heteroatoms. The number of ether oxygens (including phenoxy) is 2. The number of methoxy groups -OCH3 is 1. The minimum atomic E-state index is -3.14. The first kappa shape index (κ1) is 16.7. The topological polar surface area (TPSA) is 84.9 Å². The number of rotatable bonds is 7. The van der Waals surface area contributed by atoms with E-state index in [0.717, 1.165) is 0 Å². The Labute approximate surface area is 119 Å². The largest absolute Gasteiger partial charge is 0.493 e. The summed E-state index contributed by atoms with van der Waals surface area (Å²) in [5.74, 6) is -2.54. The van der Waals surface area contributed by atoms with Crippen molar-refractivity contribution in [3.63, 3.8) is 0 Å². The van der Waals surface area contributed by atoms with Crippen LogP contribution in [0.15, 0.2) is 18.2 Å². The van der Waals surface area contributed by atoms with Crippen LogP contribution >= 0.6 is 0 Å². The molecule has 0 spiro atoms. The number of nitrogens with one attached hydrogen (secondary N) is 1. The third-order valence-electron chi connectivity index (χ3n) is 2.66. The summed E-state index contributed by atoms with van der Waals surface area (Å²) in [5, 5.41) is 11.1. The predicted octanol–water partition coefficient (Wildman–Crippen LogP) is 1.89. The summed E-state index contributed by atoms with van der Waals surface area (Å²) in [5.41, 5.74) is -0.227. The number of alkyl halides is 2. The van der Waals surface area contributed by atoms with Crippen LogP contribution in [0.25, 0.3) is 0 Å². The van der Waals surface area contributed by atoms with Gasteiger partial charge in [-0.2, -0.15) is 8.78 Å². The fourth-order valence-corrected chi connectivity index (χ4v) is 1.64. The standard InChI is InChI=1S/C13H15F2NO5/c1-3-8(12(18)19)16-11(17)7-5-4-6-9(20-2)10(7)21-13(14)15/h4-6,8,13H,3H2,1-2H3,(H,16,17)(H,18,19). The van der Waals surface area contributed by atoms with Crippen LogP contribution < -0.4 is 14.8 Å². The SMILES string of the molecule is CCC(NC(=O)c1cccc(OC)c1OC(F)F)C(=O)O. The summed E-state index contributed by atoms with van der Waals surface area (Å²) in [6, 6.07) is 2.88. The molecule has 0 fully saturated rings. The van der Waals surface area contributed by atoms with Gasteiger partial charge in [-0.15, -0.1) is 0 Å². The Morgan fingerprint density at radius 2 is 2.05 bits per heavy atom. The van der Waals surface area contributed by atoms with Crippen molar-refractivity contribution in [2.75, 3.05) is 7.11 Å². The maximum atomic E-state index is 12.4. The second-order valence-electron chi connectivity index (χ2n) is 3.99. The molecule has 1 atom stereocenters. The van der Waals surface area contributed by atoms with Crippen molar-refractivity contribution < 1.29 is 33.0 Å². The van der Waals surface area contributed by atoms with Gasteiger partial charge in [-0.1, -0.05) is 13.0 Å². The van der Waals surface area contributed by atoms with Gasteiger partial charge in [0.1, 0.15) is 6.04 Å². The van der Waals surface area contributed by atoms with Gasteiger partial charge in [0.05, 0.1) is 12.7 Å². The van der Waals surface area contributed by atoms with Gasteiger partial charge in [-0.05, 0) is 18.6 Å². The molecule has 6 nitrogen and oxygen atoms in total. The predicted molar refractivity (Wildman–Crippen MR) is 68.8 cm³/mol. The molecule has 0 aliphatic rings. The van der Waals surface area contributed by atoms with Gasteiger partial charge in [0.25, 0.3) is 5.91 Å². The minimum Gasteiger partial charge on any atom is -0.493 e. The number of carboxylic acids is 1. The fraction of sp³-hybridized carbons (Fsp3) is 0.385. The molecule has 21 heavy (non-hydrogen) atoms. The number of halogens is 2. The Balaban J connectivity index is 3.10. The molecule has 0 aliphatic heterocycles. The molecule has 1 rings (SSSR count). The monoisotopic (exact) mass is 303 g/mol. The Bertz CT molecular complexity index is 521. The highest BCUT2D eigenvalue weighted by molar-refractivity contribution is 5.99. The zero-order valence-electron chi connectivity index (χ0n) is 11.4. The lowest BCUT2D eigenvalue weighted by Crippen LogP contribution is -2.40. The second-order valence-corrected chi connectivity index (χ2v) is 3.99. The van der Waals surface area contributed by atoms with Crippen molar-refractivity contribution in [3.05, 3.63) is 23.8 Å². The number of amides is 1. The summed E-state index contributed by atoms with van der Waals surface area (Å²) in [6.07, 6.45) is 0.149. The molecule has 0 bridgehead atoms. The van der Waals surface area contributed by atoms with Crippen LogP contribution in [0.4, 0.5) is 8.78 Å². The first-order chi connectivity index (χ1) is 9.90. The third-order valence-corrected chi connectivity index (χ3v) is 2.66. The van der Waals surface area contributed by atoms with Crippen LogP contribution in [0.3, 0.4) is 0 Å². The minimum absolute atomic E-state index is 0.0497. The molecule has 116 valence electrons. The first-order valence-corrected chi connectivity index (χ1v) is 6.06. The van der Waals surface area contributed by atoms with Crippen molar-refractivity contribution in [1.82, 2.24) is 5.32 Å². The van der Waals surface area contributed by atoms with Crippen molar-refractivity contribution in [1.29, 1.82) is 0 Å². The van der Waals surface area contributed by atoms with E-state index in [1.54, 1.807) is 6.92 Å². The Morgan fingerprint density at radius 3 is 2.52 bits per heavy atom. The number of carboxylic acid groups (broad SMARTS) is 1. The zero-order valence-corrected chi connectivity index (χ0v) is 11.4. The summed E-state index contributed by atoms with van der Waals surface area (Å²) >= 11 is 0. The molecule has 1 aromatic rings. The van der Waals surface area contributed by atoms with Crippen LogP contribution in [0.1, 0.15) is 23.7 Å². The van der Waals surface area contributed by atoms with E-state index in [1.165, 1.54) is 25.3 Å². The number of carbonyl (C=O) groups is 2. The maximum absolute atomic E-state index is 12.4. The molecule has 0 aromatic heterocycles. The molecule has 1 amide bonds. The van der Waals surface area contributed by atoms with E-state index in [9.17, 15) is 18.4 Å². The molecule has 0 radical (unpaired) electrons. The molecule has 2 N–H and O–H groups in total.